The number of carbonyl (C=O) groups excluding carboxylic acids is 1. The molecule has 0 aliphatic carbocycles. The zero-order valence-electron chi connectivity index (χ0n) is 15.4. The van der Waals surface area contributed by atoms with Gasteiger partial charge in [-0.15, -0.1) is 0 Å². The molecular formula is C18H19N3O7S. The van der Waals surface area contributed by atoms with Crippen LogP contribution in [0.15, 0.2) is 39.8 Å². The first-order valence-electron chi connectivity index (χ1n) is 9.00. The van der Waals surface area contributed by atoms with Crippen molar-refractivity contribution in [2.24, 2.45) is 11.8 Å². The van der Waals surface area contributed by atoms with Crippen LogP contribution in [0.3, 0.4) is 0 Å². The topological polar surface area (TPSA) is 148 Å². The van der Waals surface area contributed by atoms with E-state index in [1.807, 2.05) is 0 Å². The van der Waals surface area contributed by atoms with Gasteiger partial charge < -0.3 is 19.7 Å². The zero-order chi connectivity index (χ0) is 20.8. The molecule has 1 aromatic carbocycles. The first kappa shape index (κ1) is 19.4. The quantitative estimate of drug-likeness (QED) is 0.637. The molecule has 2 aromatic rings. The van der Waals surface area contributed by atoms with Gasteiger partial charge in [0.25, 0.3) is 10.0 Å². The monoisotopic (exact) mass is 421 g/mol. The lowest BCUT2D eigenvalue weighted by Gasteiger charge is -2.23. The van der Waals surface area contributed by atoms with Crippen molar-refractivity contribution in [3.8, 4) is 0 Å². The standard InChI is InChI=1S/C18H19N3O7S/c1-9-8-14(20-28-9)21-29(25,26)11-4-2-10(3-5-11)19-17(22)15-12-6-7-13(27-12)16(15)18(23)24/h2-5,8,12-13,15-16H,6-7H2,1H3,(H,19,22)(H,20,21)(H,23,24)/t12-,13-,15+,16-/m0/s1. The number of fused-ring (bicyclic) bond motifs is 2. The summed E-state index contributed by atoms with van der Waals surface area (Å²) in [4.78, 5) is 24.1. The lowest BCUT2D eigenvalue weighted by Crippen LogP contribution is -2.40. The molecule has 11 heteroatoms. The number of ether oxygens (including phenoxy) is 1. The molecule has 3 N–H and O–H groups in total. The van der Waals surface area contributed by atoms with Gasteiger partial charge >= 0.3 is 5.97 Å². The second kappa shape index (κ2) is 7.16. The highest BCUT2D eigenvalue weighted by atomic mass is 32.2. The van der Waals surface area contributed by atoms with Crippen molar-refractivity contribution in [3.63, 3.8) is 0 Å². The van der Waals surface area contributed by atoms with Crippen molar-refractivity contribution in [2.45, 2.75) is 36.9 Å². The number of rotatable bonds is 6. The molecule has 2 fully saturated rings. The maximum atomic E-state index is 12.6. The highest BCUT2D eigenvalue weighted by molar-refractivity contribution is 7.92. The molecule has 3 heterocycles. The number of aliphatic carboxylic acids is 1. The third kappa shape index (κ3) is 3.70. The number of carboxylic acids is 1. The van der Waals surface area contributed by atoms with Gasteiger partial charge in [0.05, 0.1) is 28.9 Å². The van der Waals surface area contributed by atoms with E-state index in [1.54, 1.807) is 6.92 Å². The van der Waals surface area contributed by atoms with E-state index in [-0.39, 0.29) is 10.7 Å². The smallest absolute Gasteiger partial charge is 0.310 e. The summed E-state index contributed by atoms with van der Waals surface area (Å²) >= 11 is 0. The van der Waals surface area contributed by atoms with Crippen LogP contribution in [-0.2, 0) is 24.3 Å². The van der Waals surface area contributed by atoms with Crippen molar-refractivity contribution < 1.29 is 32.4 Å². The molecule has 2 aliphatic heterocycles. The van der Waals surface area contributed by atoms with Gasteiger partial charge in [0, 0.05) is 11.8 Å². The minimum absolute atomic E-state index is 0.0252. The maximum absolute atomic E-state index is 12.6. The Morgan fingerprint density at radius 3 is 2.38 bits per heavy atom. The van der Waals surface area contributed by atoms with Crippen LogP contribution in [0.4, 0.5) is 11.5 Å². The average Bonchev–Trinajstić information content (AvgIpc) is 3.37. The molecule has 1 amide bonds. The molecule has 29 heavy (non-hydrogen) atoms. The Morgan fingerprint density at radius 2 is 1.79 bits per heavy atom. The predicted octanol–water partition coefficient (Wildman–Crippen LogP) is 1.60. The van der Waals surface area contributed by atoms with E-state index in [9.17, 15) is 23.1 Å². The van der Waals surface area contributed by atoms with Crippen molar-refractivity contribution in [2.75, 3.05) is 10.0 Å². The lowest BCUT2D eigenvalue weighted by atomic mass is 9.78. The Labute approximate surface area is 166 Å². The van der Waals surface area contributed by atoms with Gasteiger partial charge in [0.2, 0.25) is 5.91 Å². The minimum Gasteiger partial charge on any atom is -0.481 e. The number of sulfonamides is 1. The van der Waals surface area contributed by atoms with Crippen LogP contribution in [0.25, 0.3) is 0 Å². The Bertz CT molecular complexity index is 1050. The molecular weight excluding hydrogens is 402 g/mol. The molecule has 0 spiro atoms. The summed E-state index contributed by atoms with van der Waals surface area (Å²) in [5.74, 6) is -2.61. The molecule has 0 unspecified atom stereocenters. The van der Waals surface area contributed by atoms with Gasteiger partial charge in [-0.2, -0.15) is 0 Å². The Balaban J connectivity index is 1.45. The molecule has 2 bridgehead atoms. The average molecular weight is 421 g/mol. The fourth-order valence-corrected chi connectivity index (χ4v) is 4.86. The van der Waals surface area contributed by atoms with E-state index in [4.69, 9.17) is 9.26 Å². The third-order valence-corrected chi connectivity index (χ3v) is 6.53. The number of hydrogen-bond donors (Lipinski definition) is 3. The number of nitrogens with one attached hydrogen (secondary N) is 2. The number of aryl methyl sites for hydroxylation is 1. The van der Waals surface area contributed by atoms with Crippen LogP contribution in [0.2, 0.25) is 0 Å². The van der Waals surface area contributed by atoms with E-state index < -0.39 is 45.9 Å². The molecule has 2 aliphatic rings. The highest BCUT2D eigenvalue weighted by Gasteiger charge is 2.55. The number of aromatic nitrogens is 1. The molecule has 4 atom stereocenters. The van der Waals surface area contributed by atoms with Crippen molar-refractivity contribution in [1.29, 1.82) is 0 Å². The number of amides is 1. The van der Waals surface area contributed by atoms with E-state index in [1.165, 1.54) is 30.3 Å². The Hall–Kier alpha value is -2.92. The summed E-state index contributed by atoms with van der Waals surface area (Å²) in [7, 11) is -3.87. The van der Waals surface area contributed by atoms with Gasteiger partial charge in [-0.25, -0.2) is 8.42 Å². The summed E-state index contributed by atoms with van der Waals surface area (Å²) in [6.07, 6.45) is 0.440. The van der Waals surface area contributed by atoms with Gasteiger partial charge in [0.1, 0.15) is 5.76 Å². The molecule has 4 rings (SSSR count). The highest BCUT2D eigenvalue weighted by Crippen LogP contribution is 2.44. The number of nitrogens with zero attached hydrogens (tertiary/aromatic N) is 1. The van der Waals surface area contributed by atoms with Gasteiger partial charge in [-0.3, -0.25) is 14.3 Å². The fraction of sp³-hybridized carbons (Fsp3) is 0.389. The molecule has 1 aromatic heterocycles. The van der Waals surface area contributed by atoms with Crippen LogP contribution in [0.1, 0.15) is 18.6 Å². The maximum Gasteiger partial charge on any atom is 0.310 e. The first-order chi connectivity index (χ1) is 13.7. The fourth-order valence-electron chi connectivity index (χ4n) is 3.88. The molecule has 0 radical (unpaired) electrons. The summed E-state index contributed by atoms with van der Waals surface area (Å²) < 4.78 is 37.5. The number of benzene rings is 1. The van der Waals surface area contributed by atoms with Crippen LogP contribution in [0.5, 0.6) is 0 Å². The van der Waals surface area contributed by atoms with E-state index in [2.05, 4.69) is 15.2 Å². The Kier molecular flexibility index (Phi) is 4.79. The number of carboxylic acid groups (broad SMARTS) is 1. The Morgan fingerprint density at radius 1 is 1.14 bits per heavy atom. The van der Waals surface area contributed by atoms with Crippen molar-refractivity contribution >= 4 is 33.4 Å². The van der Waals surface area contributed by atoms with E-state index in [0.29, 0.717) is 24.3 Å². The van der Waals surface area contributed by atoms with E-state index >= 15 is 0 Å². The second-order valence-corrected chi connectivity index (χ2v) is 8.80. The van der Waals surface area contributed by atoms with Gasteiger partial charge in [-0.1, -0.05) is 5.16 Å². The van der Waals surface area contributed by atoms with Gasteiger partial charge in [-0.05, 0) is 44.0 Å². The van der Waals surface area contributed by atoms with Crippen molar-refractivity contribution in [3.05, 3.63) is 36.1 Å². The van der Waals surface area contributed by atoms with Crippen LogP contribution in [0, 0.1) is 18.8 Å². The number of anilines is 2. The van der Waals surface area contributed by atoms with E-state index in [0.717, 1.165) is 0 Å². The summed E-state index contributed by atoms with van der Waals surface area (Å²) in [6, 6.07) is 6.98. The van der Waals surface area contributed by atoms with Crippen LogP contribution >= 0.6 is 0 Å². The minimum atomic E-state index is -3.87. The summed E-state index contributed by atoms with van der Waals surface area (Å²) in [6.45, 7) is 1.64. The largest absolute Gasteiger partial charge is 0.481 e. The van der Waals surface area contributed by atoms with Crippen LogP contribution < -0.4 is 10.0 Å². The number of carbonyl (C=O) groups is 2. The lowest BCUT2D eigenvalue weighted by molar-refractivity contribution is -0.147. The number of hydrogen-bond acceptors (Lipinski definition) is 7. The second-order valence-electron chi connectivity index (χ2n) is 7.12. The predicted molar refractivity (Wildman–Crippen MR) is 99.6 cm³/mol. The van der Waals surface area contributed by atoms with Crippen molar-refractivity contribution in [1.82, 2.24) is 5.16 Å². The zero-order valence-corrected chi connectivity index (χ0v) is 16.2. The SMILES string of the molecule is Cc1cc(NS(=O)(=O)c2ccc(NC(=O)[C@H]3[C@@H](C(=O)O)[C@@H]4CC[C@@H]3O4)cc2)no1. The summed E-state index contributed by atoms with van der Waals surface area (Å²) in [5, 5.41) is 15.7. The third-order valence-electron chi connectivity index (χ3n) is 5.16. The van der Waals surface area contributed by atoms with Crippen LogP contribution in [-0.4, -0.2) is 42.8 Å². The van der Waals surface area contributed by atoms with Gasteiger partial charge in [0.15, 0.2) is 5.82 Å². The first-order valence-corrected chi connectivity index (χ1v) is 10.5. The molecule has 154 valence electrons. The normalized spacial score (nSPS) is 25.7. The molecule has 10 nitrogen and oxygen atoms in total. The summed E-state index contributed by atoms with van der Waals surface area (Å²) in [5.41, 5.74) is 0.359. The molecule has 0 saturated carbocycles. The molecule has 2 saturated heterocycles.